The number of hydrogen-bond donors (Lipinski definition) is 3. The van der Waals surface area contributed by atoms with Crippen molar-refractivity contribution >= 4 is 11.9 Å². The van der Waals surface area contributed by atoms with E-state index in [-0.39, 0.29) is 24.9 Å². The van der Waals surface area contributed by atoms with Gasteiger partial charge in [-0.25, -0.2) is 19.3 Å². The van der Waals surface area contributed by atoms with Crippen molar-refractivity contribution in [1.82, 2.24) is 30.2 Å². The monoisotopic (exact) mass is 497 g/mol. The molecule has 0 saturated carbocycles. The van der Waals surface area contributed by atoms with Crippen LogP contribution in [0.1, 0.15) is 25.5 Å². The van der Waals surface area contributed by atoms with Crippen molar-refractivity contribution in [1.29, 1.82) is 0 Å². The molecule has 36 heavy (non-hydrogen) atoms. The number of aromatic amines is 1. The van der Waals surface area contributed by atoms with Gasteiger partial charge in [-0.1, -0.05) is 0 Å². The van der Waals surface area contributed by atoms with Crippen LogP contribution in [0.5, 0.6) is 0 Å². The van der Waals surface area contributed by atoms with E-state index in [0.29, 0.717) is 34.4 Å². The zero-order chi connectivity index (χ0) is 25.7. The van der Waals surface area contributed by atoms with E-state index in [1.807, 2.05) is 14.1 Å². The lowest BCUT2D eigenvalue weighted by Gasteiger charge is -2.34. The Morgan fingerprint density at radius 2 is 1.92 bits per heavy atom. The van der Waals surface area contributed by atoms with Gasteiger partial charge in [0.1, 0.15) is 5.82 Å². The highest BCUT2D eigenvalue weighted by atomic mass is 19.1. The van der Waals surface area contributed by atoms with Crippen molar-refractivity contribution in [2.45, 2.75) is 19.6 Å². The van der Waals surface area contributed by atoms with Gasteiger partial charge in [-0.3, -0.25) is 4.79 Å². The molecule has 0 aliphatic carbocycles. The third kappa shape index (κ3) is 5.86. The lowest BCUT2D eigenvalue weighted by Crippen LogP contribution is -2.47. The van der Waals surface area contributed by atoms with E-state index in [1.54, 1.807) is 38.4 Å². The summed E-state index contributed by atoms with van der Waals surface area (Å²) in [5.41, 5.74) is 1.74. The standard InChI is InChI=1S/C25H32FN7O3/c1-25(23(34)27-2)14-35-22(36-15-25)21-31-19(16-6-8-17(26)9-7-16)20(32-21)18-10-12-29-24(30-18)28-11-5-13-33(3)4/h6-10,12,22H,5,11,13-15H2,1-4H3,(H,27,34)(H,31,32)(H,28,29,30). The normalized spacial score (nSPS) is 19.9. The number of ether oxygens (including phenoxy) is 2. The predicted molar refractivity (Wildman–Crippen MR) is 133 cm³/mol. The van der Waals surface area contributed by atoms with Crippen molar-refractivity contribution in [3.8, 4) is 22.6 Å². The summed E-state index contributed by atoms with van der Waals surface area (Å²) in [6.07, 6.45) is 1.83. The second-order valence-electron chi connectivity index (χ2n) is 9.30. The van der Waals surface area contributed by atoms with Gasteiger partial charge in [-0.15, -0.1) is 0 Å². The van der Waals surface area contributed by atoms with Crippen molar-refractivity contribution in [2.75, 3.05) is 52.8 Å². The Labute approximate surface area is 209 Å². The van der Waals surface area contributed by atoms with E-state index < -0.39 is 11.7 Å². The molecule has 3 aromatic rings. The van der Waals surface area contributed by atoms with Gasteiger partial charge in [0.25, 0.3) is 0 Å². The molecular weight excluding hydrogens is 465 g/mol. The Bertz CT molecular complexity index is 1170. The number of hydrogen-bond acceptors (Lipinski definition) is 8. The second kappa shape index (κ2) is 11.1. The fourth-order valence-electron chi connectivity index (χ4n) is 3.88. The SMILES string of the molecule is CNC(=O)C1(C)COC(c2nc(-c3ccc(F)cc3)c(-c3ccnc(NCCCN(C)C)n3)[nH]2)OC1. The van der Waals surface area contributed by atoms with Crippen molar-refractivity contribution in [2.24, 2.45) is 5.41 Å². The molecule has 3 N–H and O–H groups in total. The first-order valence-electron chi connectivity index (χ1n) is 11.8. The highest BCUT2D eigenvalue weighted by Gasteiger charge is 2.40. The molecule has 1 aromatic carbocycles. The van der Waals surface area contributed by atoms with Crippen LogP contribution in [0.3, 0.4) is 0 Å². The minimum absolute atomic E-state index is 0.153. The number of nitrogens with one attached hydrogen (secondary N) is 3. The molecule has 0 bridgehead atoms. The maximum atomic E-state index is 13.6. The summed E-state index contributed by atoms with van der Waals surface area (Å²) in [6.45, 7) is 3.81. The van der Waals surface area contributed by atoms with Gasteiger partial charge in [-0.2, -0.15) is 0 Å². The Hall–Kier alpha value is -3.41. The molecule has 1 aliphatic rings. The fraction of sp³-hybridized carbons (Fsp3) is 0.440. The maximum absolute atomic E-state index is 13.6. The number of halogens is 1. The van der Waals surface area contributed by atoms with Crippen molar-refractivity contribution in [3.63, 3.8) is 0 Å². The van der Waals surface area contributed by atoms with Crippen LogP contribution in [0, 0.1) is 11.2 Å². The average Bonchev–Trinajstić information content (AvgIpc) is 3.32. The van der Waals surface area contributed by atoms with Gasteiger partial charge < -0.3 is 30.0 Å². The summed E-state index contributed by atoms with van der Waals surface area (Å²) in [4.78, 5) is 31.3. The highest BCUT2D eigenvalue weighted by Crippen LogP contribution is 2.35. The van der Waals surface area contributed by atoms with Gasteiger partial charge in [0.2, 0.25) is 18.1 Å². The molecule has 1 fully saturated rings. The van der Waals surface area contributed by atoms with Crippen LogP contribution in [-0.2, 0) is 14.3 Å². The third-order valence-electron chi connectivity index (χ3n) is 5.92. The molecule has 10 nitrogen and oxygen atoms in total. The van der Waals surface area contributed by atoms with Crippen LogP contribution < -0.4 is 10.6 Å². The number of amides is 1. The van der Waals surface area contributed by atoms with Crippen molar-refractivity contribution < 1.29 is 18.7 Å². The minimum Gasteiger partial charge on any atom is -0.359 e. The molecule has 2 aromatic heterocycles. The summed E-state index contributed by atoms with van der Waals surface area (Å²) in [7, 11) is 5.64. The Morgan fingerprint density at radius 1 is 1.19 bits per heavy atom. The van der Waals surface area contributed by atoms with E-state index >= 15 is 0 Å². The number of imidazole rings is 1. The number of rotatable bonds is 9. The second-order valence-corrected chi connectivity index (χ2v) is 9.30. The zero-order valence-electron chi connectivity index (χ0n) is 21.0. The van der Waals surface area contributed by atoms with Crippen LogP contribution in [-0.4, -0.2) is 78.2 Å². The summed E-state index contributed by atoms with van der Waals surface area (Å²) in [5, 5.41) is 5.90. The Balaban J connectivity index is 1.61. The number of nitrogens with zero attached hydrogens (tertiary/aromatic N) is 4. The molecule has 192 valence electrons. The van der Waals surface area contributed by atoms with Gasteiger partial charge in [-0.05, 0) is 64.3 Å². The molecule has 11 heteroatoms. The van der Waals surface area contributed by atoms with Crippen LogP contribution in [0.4, 0.5) is 10.3 Å². The first-order chi connectivity index (χ1) is 17.3. The van der Waals surface area contributed by atoms with Crippen LogP contribution in [0.2, 0.25) is 0 Å². The number of carbonyl (C=O) groups excluding carboxylic acids is 1. The molecule has 1 aliphatic heterocycles. The van der Waals surface area contributed by atoms with E-state index in [4.69, 9.17) is 14.5 Å². The predicted octanol–water partition coefficient (Wildman–Crippen LogP) is 2.83. The number of benzene rings is 1. The first kappa shape index (κ1) is 25.7. The van der Waals surface area contributed by atoms with E-state index in [2.05, 4.69) is 30.5 Å². The van der Waals surface area contributed by atoms with Gasteiger partial charge in [0.05, 0.1) is 35.7 Å². The summed E-state index contributed by atoms with van der Waals surface area (Å²) >= 11 is 0. The van der Waals surface area contributed by atoms with Gasteiger partial charge in [0.15, 0.2) is 5.82 Å². The maximum Gasteiger partial charge on any atom is 0.230 e. The quantitative estimate of drug-likeness (QED) is 0.387. The summed E-state index contributed by atoms with van der Waals surface area (Å²) in [5.74, 6) is 0.441. The number of carbonyl (C=O) groups is 1. The highest BCUT2D eigenvalue weighted by molar-refractivity contribution is 5.82. The minimum atomic E-state index is -0.791. The van der Waals surface area contributed by atoms with E-state index in [9.17, 15) is 9.18 Å². The molecule has 1 amide bonds. The molecular formula is C25H32FN7O3. The third-order valence-corrected chi connectivity index (χ3v) is 5.92. The summed E-state index contributed by atoms with van der Waals surface area (Å²) in [6, 6.07) is 7.86. The molecule has 1 saturated heterocycles. The lowest BCUT2D eigenvalue weighted by atomic mass is 9.91. The Morgan fingerprint density at radius 3 is 2.58 bits per heavy atom. The Kier molecular flexibility index (Phi) is 7.92. The zero-order valence-corrected chi connectivity index (χ0v) is 21.0. The van der Waals surface area contributed by atoms with Crippen LogP contribution in [0.25, 0.3) is 22.6 Å². The van der Waals surface area contributed by atoms with E-state index in [1.165, 1.54) is 12.1 Å². The fourth-order valence-corrected chi connectivity index (χ4v) is 3.88. The van der Waals surface area contributed by atoms with Gasteiger partial charge >= 0.3 is 0 Å². The number of anilines is 1. The average molecular weight is 498 g/mol. The summed E-state index contributed by atoms with van der Waals surface area (Å²) < 4.78 is 25.4. The molecule has 0 atom stereocenters. The molecule has 4 rings (SSSR count). The molecule has 0 radical (unpaired) electrons. The van der Waals surface area contributed by atoms with Crippen LogP contribution in [0.15, 0.2) is 36.5 Å². The van der Waals surface area contributed by atoms with Gasteiger partial charge in [0, 0.05) is 25.4 Å². The largest absolute Gasteiger partial charge is 0.359 e. The number of H-pyrrole nitrogens is 1. The van der Waals surface area contributed by atoms with Crippen LogP contribution >= 0.6 is 0 Å². The van der Waals surface area contributed by atoms with Crippen molar-refractivity contribution in [3.05, 3.63) is 48.2 Å². The molecule has 3 heterocycles. The molecule has 0 unspecified atom stereocenters. The first-order valence-corrected chi connectivity index (χ1v) is 11.8. The molecule has 0 spiro atoms. The number of aromatic nitrogens is 4. The topological polar surface area (TPSA) is 117 Å². The smallest absolute Gasteiger partial charge is 0.230 e. The lowest BCUT2D eigenvalue weighted by molar-refractivity contribution is -0.230. The van der Waals surface area contributed by atoms with E-state index in [0.717, 1.165) is 19.5 Å².